The van der Waals surface area contributed by atoms with Crippen molar-refractivity contribution in [3.05, 3.63) is 59.4 Å². The summed E-state index contributed by atoms with van der Waals surface area (Å²) >= 11 is 0. The van der Waals surface area contributed by atoms with Gasteiger partial charge in [-0.1, -0.05) is 12.1 Å². The highest BCUT2D eigenvalue weighted by molar-refractivity contribution is 6.11. The Morgan fingerprint density at radius 1 is 1.22 bits per heavy atom. The predicted molar refractivity (Wildman–Crippen MR) is 63.5 cm³/mol. The monoisotopic (exact) mass is 248 g/mol. The van der Waals surface area contributed by atoms with Gasteiger partial charge in [0, 0.05) is 23.0 Å². The van der Waals surface area contributed by atoms with Crippen LogP contribution >= 0.6 is 0 Å². The smallest absolute Gasteiger partial charge is 0.263 e. The van der Waals surface area contributed by atoms with Gasteiger partial charge in [-0.05, 0) is 24.3 Å². The standard InChI is InChI=1S/C13H10F2N2O/c14-13(15)8-4-5-10(16)9(7-8)12(18)11-3-1-2-6-17-11/h1-7,13H,16H2. The lowest BCUT2D eigenvalue weighted by Crippen LogP contribution is -2.08. The van der Waals surface area contributed by atoms with Crippen molar-refractivity contribution in [3.8, 4) is 0 Å². The van der Waals surface area contributed by atoms with E-state index in [2.05, 4.69) is 4.98 Å². The summed E-state index contributed by atoms with van der Waals surface area (Å²) in [5, 5.41) is 0. The third kappa shape index (κ3) is 2.34. The van der Waals surface area contributed by atoms with Crippen LogP contribution in [0.15, 0.2) is 42.6 Å². The number of hydrogen-bond acceptors (Lipinski definition) is 3. The molecule has 92 valence electrons. The molecule has 0 aliphatic heterocycles. The van der Waals surface area contributed by atoms with Crippen molar-refractivity contribution in [3.63, 3.8) is 0 Å². The first-order valence-electron chi connectivity index (χ1n) is 5.23. The molecule has 1 aromatic heterocycles. The highest BCUT2D eigenvalue weighted by Gasteiger charge is 2.16. The second kappa shape index (κ2) is 4.91. The van der Waals surface area contributed by atoms with Gasteiger partial charge in [-0.25, -0.2) is 8.78 Å². The molecule has 5 heteroatoms. The van der Waals surface area contributed by atoms with Crippen LogP contribution in [0.1, 0.15) is 28.0 Å². The number of carbonyl (C=O) groups is 1. The molecule has 0 saturated carbocycles. The number of alkyl halides is 2. The highest BCUT2D eigenvalue weighted by Crippen LogP contribution is 2.24. The fourth-order valence-electron chi connectivity index (χ4n) is 1.54. The first-order valence-corrected chi connectivity index (χ1v) is 5.23. The molecule has 0 saturated heterocycles. The minimum atomic E-state index is -2.64. The van der Waals surface area contributed by atoms with Gasteiger partial charge in [-0.15, -0.1) is 0 Å². The molecule has 2 rings (SSSR count). The molecule has 0 aliphatic carbocycles. The average molecular weight is 248 g/mol. The Bertz CT molecular complexity index is 570. The number of nitrogen functional groups attached to an aromatic ring is 1. The predicted octanol–water partition coefficient (Wildman–Crippen LogP) is 2.83. The minimum absolute atomic E-state index is 0.0477. The number of benzene rings is 1. The largest absolute Gasteiger partial charge is 0.398 e. The molecule has 1 aromatic carbocycles. The van der Waals surface area contributed by atoms with E-state index in [0.717, 1.165) is 6.07 Å². The van der Waals surface area contributed by atoms with E-state index in [9.17, 15) is 13.6 Å². The number of rotatable bonds is 3. The topological polar surface area (TPSA) is 56.0 Å². The van der Waals surface area contributed by atoms with Gasteiger partial charge in [-0.2, -0.15) is 0 Å². The molecule has 0 spiro atoms. The molecule has 0 amide bonds. The van der Waals surface area contributed by atoms with Crippen LogP contribution in [0, 0.1) is 0 Å². The zero-order chi connectivity index (χ0) is 13.1. The van der Waals surface area contributed by atoms with E-state index in [1.807, 2.05) is 0 Å². The van der Waals surface area contributed by atoms with Crippen LogP contribution in [0.2, 0.25) is 0 Å². The van der Waals surface area contributed by atoms with Gasteiger partial charge < -0.3 is 5.73 Å². The van der Waals surface area contributed by atoms with Crippen molar-refractivity contribution in [1.29, 1.82) is 0 Å². The number of hydrogen-bond donors (Lipinski definition) is 1. The van der Waals surface area contributed by atoms with Crippen LogP contribution in [0.4, 0.5) is 14.5 Å². The normalized spacial score (nSPS) is 10.6. The number of anilines is 1. The molecule has 0 fully saturated rings. The van der Waals surface area contributed by atoms with Crippen molar-refractivity contribution in [2.45, 2.75) is 6.43 Å². The van der Waals surface area contributed by atoms with E-state index in [4.69, 9.17) is 5.73 Å². The van der Waals surface area contributed by atoms with Crippen molar-refractivity contribution in [2.24, 2.45) is 0 Å². The maximum Gasteiger partial charge on any atom is 0.263 e. The van der Waals surface area contributed by atoms with Gasteiger partial charge in [0.2, 0.25) is 5.78 Å². The molecule has 2 N–H and O–H groups in total. The third-order valence-corrected chi connectivity index (χ3v) is 2.47. The Hall–Kier alpha value is -2.30. The van der Waals surface area contributed by atoms with Gasteiger partial charge in [0.25, 0.3) is 6.43 Å². The molecule has 0 bridgehead atoms. The molecule has 0 unspecified atom stereocenters. The number of pyridine rings is 1. The minimum Gasteiger partial charge on any atom is -0.398 e. The summed E-state index contributed by atoms with van der Waals surface area (Å²) in [7, 11) is 0. The van der Waals surface area contributed by atoms with E-state index >= 15 is 0 Å². The summed E-state index contributed by atoms with van der Waals surface area (Å²) < 4.78 is 25.2. The molecule has 0 atom stereocenters. The van der Waals surface area contributed by atoms with Crippen LogP contribution in [-0.2, 0) is 0 Å². The van der Waals surface area contributed by atoms with Crippen molar-refractivity contribution < 1.29 is 13.6 Å². The Morgan fingerprint density at radius 3 is 2.61 bits per heavy atom. The van der Waals surface area contributed by atoms with Crippen LogP contribution < -0.4 is 5.73 Å². The zero-order valence-electron chi connectivity index (χ0n) is 9.31. The molecule has 0 aliphatic rings. The van der Waals surface area contributed by atoms with E-state index in [1.165, 1.54) is 24.4 Å². The molecule has 18 heavy (non-hydrogen) atoms. The molecular weight excluding hydrogens is 238 g/mol. The van der Waals surface area contributed by atoms with Gasteiger partial charge in [0.05, 0.1) is 0 Å². The van der Waals surface area contributed by atoms with Gasteiger partial charge in [0.15, 0.2) is 0 Å². The summed E-state index contributed by atoms with van der Waals surface area (Å²) in [6.45, 7) is 0. The average Bonchev–Trinajstić information content (AvgIpc) is 2.39. The Morgan fingerprint density at radius 2 is 2.00 bits per heavy atom. The Balaban J connectivity index is 2.45. The van der Waals surface area contributed by atoms with Gasteiger partial charge >= 0.3 is 0 Å². The molecule has 0 radical (unpaired) electrons. The second-order valence-corrected chi connectivity index (χ2v) is 3.69. The van der Waals surface area contributed by atoms with Crippen molar-refractivity contribution in [2.75, 3.05) is 5.73 Å². The van der Waals surface area contributed by atoms with Crippen LogP contribution in [0.3, 0.4) is 0 Å². The highest BCUT2D eigenvalue weighted by atomic mass is 19.3. The molecule has 1 heterocycles. The SMILES string of the molecule is Nc1ccc(C(F)F)cc1C(=O)c1ccccn1. The fraction of sp³-hybridized carbons (Fsp3) is 0.0769. The zero-order valence-corrected chi connectivity index (χ0v) is 9.31. The van der Waals surface area contributed by atoms with E-state index in [0.29, 0.717) is 0 Å². The second-order valence-electron chi connectivity index (χ2n) is 3.69. The first kappa shape index (κ1) is 12.2. The number of halogens is 2. The van der Waals surface area contributed by atoms with Crippen LogP contribution in [0.5, 0.6) is 0 Å². The summed E-state index contributed by atoms with van der Waals surface area (Å²) in [5.41, 5.74) is 5.79. The quantitative estimate of drug-likeness (QED) is 0.671. The first-order chi connectivity index (χ1) is 8.59. The third-order valence-electron chi connectivity index (χ3n) is 2.47. The number of nitrogens with two attached hydrogens (primary N) is 1. The van der Waals surface area contributed by atoms with Crippen molar-refractivity contribution >= 4 is 11.5 Å². The molecule has 3 nitrogen and oxygen atoms in total. The summed E-state index contributed by atoms with van der Waals surface area (Å²) in [5.74, 6) is -0.462. The summed E-state index contributed by atoms with van der Waals surface area (Å²) in [6.07, 6.45) is -1.18. The van der Waals surface area contributed by atoms with E-state index < -0.39 is 12.2 Å². The van der Waals surface area contributed by atoms with E-state index in [-0.39, 0.29) is 22.5 Å². The van der Waals surface area contributed by atoms with Crippen molar-refractivity contribution in [1.82, 2.24) is 4.98 Å². The van der Waals surface area contributed by atoms with Gasteiger partial charge in [0.1, 0.15) is 5.69 Å². The lowest BCUT2D eigenvalue weighted by Gasteiger charge is -2.07. The molecule has 2 aromatic rings. The van der Waals surface area contributed by atoms with Crippen LogP contribution in [0.25, 0.3) is 0 Å². The number of ketones is 1. The lowest BCUT2D eigenvalue weighted by molar-refractivity contribution is 0.103. The van der Waals surface area contributed by atoms with Gasteiger partial charge in [-0.3, -0.25) is 9.78 Å². The van der Waals surface area contributed by atoms with E-state index in [1.54, 1.807) is 12.1 Å². The summed E-state index contributed by atoms with van der Waals surface area (Å²) in [4.78, 5) is 15.9. The fourth-order valence-corrected chi connectivity index (χ4v) is 1.54. The lowest BCUT2D eigenvalue weighted by atomic mass is 10.0. The summed E-state index contributed by atoms with van der Waals surface area (Å²) in [6, 6.07) is 8.43. The Labute approximate surface area is 102 Å². The number of carbonyl (C=O) groups excluding carboxylic acids is 1. The maximum atomic E-state index is 12.6. The maximum absolute atomic E-state index is 12.6. The van der Waals surface area contributed by atoms with Crippen LogP contribution in [-0.4, -0.2) is 10.8 Å². The molecular formula is C13H10F2N2O. The number of nitrogens with zero attached hydrogens (tertiary/aromatic N) is 1. The Kier molecular flexibility index (Phi) is 3.32. The number of aromatic nitrogens is 1.